The first kappa shape index (κ1) is 12.1. The van der Waals surface area contributed by atoms with Crippen LogP contribution in [0.15, 0.2) is 24.3 Å². The summed E-state index contributed by atoms with van der Waals surface area (Å²) in [5, 5.41) is 0. The van der Waals surface area contributed by atoms with Crippen LogP contribution in [0.2, 0.25) is 0 Å². The lowest BCUT2D eigenvalue weighted by atomic mass is 9.98. The Kier molecular flexibility index (Phi) is 3.12. The Morgan fingerprint density at radius 2 is 2.06 bits per heavy atom. The number of rotatable bonds is 2. The molecule has 2 N–H and O–H groups in total. The molecule has 0 bridgehead atoms. The lowest BCUT2D eigenvalue weighted by Crippen LogP contribution is -2.31. The van der Waals surface area contributed by atoms with E-state index in [1.165, 1.54) is 6.42 Å². The van der Waals surface area contributed by atoms with E-state index in [2.05, 4.69) is 11.8 Å². The Morgan fingerprint density at radius 1 is 1.28 bits per heavy atom. The molecule has 1 aromatic rings. The predicted octanol–water partition coefficient (Wildman–Crippen LogP) is 2.56. The van der Waals surface area contributed by atoms with Crippen LogP contribution < -0.4 is 5.73 Å². The molecule has 2 nitrogen and oxygen atoms in total. The van der Waals surface area contributed by atoms with Crippen molar-refractivity contribution >= 4 is 0 Å². The zero-order valence-electron chi connectivity index (χ0n) is 10.8. The molecule has 3 rings (SSSR count). The van der Waals surface area contributed by atoms with Crippen LogP contribution in [0, 0.1) is 17.7 Å². The molecule has 0 spiro atoms. The fourth-order valence-corrected chi connectivity index (χ4v) is 3.67. The van der Waals surface area contributed by atoms with Crippen molar-refractivity contribution in [3.05, 3.63) is 35.6 Å². The SMILES string of the molecule is CC(c1ccccc1F)N1CC2CCC(N)C2C1. The predicted molar refractivity (Wildman–Crippen MR) is 70.6 cm³/mol. The smallest absolute Gasteiger partial charge is 0.127 e. The standard InChI is InChI=1S/C15H21FN2/c1-10(12-4-2-3-5-14(12)16)18-8-11-6-7-15(17)13(11)9-18/h2-5,10-11,13,15H,6-9,17H2,1H3. The van der Waals surface area contributed by atoms with Gasteiger partial charge in [0.1, 0.15) is 5.82 Å². The summed E-state index contributed by atoms with van der Waals surface area (Å²) in [7, 11) is 0. The number of halogens is 1. The molecule has 1 saturated carbocycles. The molecule has 4 unspecified atom stereocenters. The van der Waals surface area contributed by atoms with E-state index in [0.717, 1.165) is 31.0 Å². The molecular weight excluding hydrogens is 227 g/mol. The highest BCUT2D eigenvalue weighted by molar-refractivity contribution is 5.21. The zero-order valence-corrected chi connectivity index (χ0v) is 10.8. The third-order valence-corrected chi connectivity index (χ3v) is 4.84. The molecule has 1 saturated heterocycles. The molecular formula is C15H21FN2. The van der Waals surface area contributed by atoms with E-state index in [-0.39, 0.29) is 11.9 Å². The van der Waals surface area contributed by atoms with Gasteiger partial charge in [-0.05, 0) is 37.7 Å². The second-order valence-electron chi connectivity index (χ2n) is 5.82. The Morgan fingerprint density at radius 3 is 2.78 bits per heavy atom. The zero-order chi connectivity index (χ0) is 12.7. The summed E-state index contributed by atoms with van der Waals surface area (Å²) in [5.41, 5.74) is 6.96. The van der Waals surface area contributed by atoms with Gasteiger partial charge >= 0.3 is 0 Å². The van der Waals surface area contributed by atoms with Gasteiger partial charge in [0.25, 0.3) is 0 Å². The minimum absolute atomic E-state index is 0.0913. The van der Waals surface area contributed by atoms with E-state index in [1.54, 1.807) is 12.1 Å². The lowest BCUT2D eigenvalue weighted by Gasteiger charge is -2.26. The van der Waals surface area contributed by atoms with Gasteiger partial charge in [-0.25, -0.2) is 4.39 Å². The first-order chi connectivity index (χ1) is 8.66. The molecule has 1 aliphatic heterocycles. The first-order valence-corrected chi connectivity index (χ1v) is 6.91. The number of benzene rings is 1. The van der Waals surface area contributed by atoms with Gasteiger partial charge in [0.15, 0.2) is 0 Å². The number of fused-ring (bicyclic) bond motifs is 1. The number of hydrogen-bond donors (Lipinski definition) is 1. The second kappa shape index (κ2) is 4.63. The van der Waals surface area contributed by atoms with Crippen molar-refractivity contribution < 1.29 is 4.39 Å². The molecule has 0 aromatic heterocycles. The molecule has 1 aliphatic carbocycles. The number of nitrogens with zero attached hydrogens (tertiary/aromatic N) is 1. The van der Waals surface area contributed by atoms with Crippen LogP contribution in [-0.2, 0) is 0 Å². The first-order valence-electron chi connectivity index (χ1n) is 6.91. The minimum Gasteiger partial charge on any atom is -0.327 e. The van der Waals surface area contributed by atoms with Crippen LogP contribution in [0.25, 0.3) is 0 Å². The van der Waals surface area contributed by atoms with Crippen LogP contribution in [0.4, 0.5) is 4.39 Å². The third kappa shape index (κ3) is 1.95. The van der Waals surface area contributed by atoms with Gasteiger partial charge in [0.2, 0.25) is 0 Å². The fraction of sp³-hybridized carbons (Fsp3) is 0.600. The third-order valence-electron chi connectivity index (χ3n) is 4.84. The Bertz CT molecular complexity index is 434. The number of nitrogens with two attached hydrogens (primary N) is 1. The summed E-state index contributed by atoms with van der Waals surface area (Å²) in [6.45, 7) is 4.21. The van der Waals surface area contributed by atoms with Gasteiger partial charge < -0.3 is 5.73 Å². The normalized spacial score (nSPS) is 33.6. The fourth-order valence-electron chi connectivity index (χ4n) is 3.67. The molecule has 98 valence electrons. The molecule has 1 aromatic carbocycles. The topological polar surface area (TPSA) is 29.3 Å². The quantitative estimate of drug-likeness (QED) is 0.871. The second-order valence-corrected chi connectivity index (χ2v) is 5.82. The van der Waals surface area contributed by atoms with E-state index in [0.29, 0.717) is 12.0 Å². The molecule has 3 heteroatoms. The maximum absolute atomic E-state index is 13.8. The van der Waals surface area contributed by atoms with Crippen molar-refractivity contribution in [1.82, 2.24) is 4.90 Å². The van der Waals surface area contributed by atoms with Gasteiger partial charge in [0.05, 0.1) is 0 Å². The molecule has 1 heterocycles. The summed E-state index contributed by atoms with van der Waals surface area (Å²) >= 11 is 0. The molecule has 2 aliphatic rings. The maximum atomic E-state index is 13.8. The Labute approximate surface area is 108 Å². The van der Waals surface area contributed by atoms with Gasteiger partial charge in [-0.15, -0.1) is 0 Å². The van der Waals surface area contributed by atoms with E-state index >= 15 is 0 Å². The summed E-state index contributed by atoms with van der Waals surface area (Å²) < 4.78 is 13.8. The van der Waals surface area contributed by atoms with Crippen LogP contribution in [0.5, 0.6) is 0 Å². The van der Waals surface area contributed by atoms with Gasteiger partial charge in [-0.2, -0.15) is 0 Å². The summed E-state index contributed by atoms with van der Waals surface area (Å²) in [6.07, 6.45) is 2.41. The van der Waals surface area contributed by atoms with Gasteiger partial charge in [-0.1, -0.05) is 18.2 Å². The largest absolute Gasteiger partial charge is 0.327 e. The summed E-state index contributed by atoms with van der Waals surface area (Å²) in [4.78, 5) is 2.40. The van der Waals surface area contributed by atoms with E-state index in [9.17, 15) is 4.39 Å². The Hall–Kier alpha value is -0.930. The Balaban J connectivity index is 1.75. The van der Waals surface area contributed by atoms with Crippen molar-refractivity contribution in [1.29, 1.82) is 0 Å². The van der Waals surface area contributed by atoms with Crippen LogP contribution in [0.3, 0.4) is 0 Å². The minimum atomic E-state index is -0.0913. The number of likely N-dealkylation sites (tertiary alicyclic amines) is 1. The van der Waals surface area contributed by atoms with Crippen molar-refractivity contribution in [2.45, 2.75) is 31.8 Å². The van der Waals surface area contributed by atoms with E-state index in [4.69, 9.17) is 5.73 Å². The highest BCUT2D eigenvalue weighted by Crippen LogP contribution is 2.40. The van der Waals surface area contributed by atoms with E-state index < -0.39 is 0 Å². The molecule has 0 amide bonds. The number of hydrogen-bond acceptors (Lipinski definition) is 2. The highest BCUT2D eigenvalue weighted by Gasteiger charge is 2.42. The van der Waals surface area contributed by atoms with Crippen molar-refractivity contribution in [2.75, 3.05) is 13.1 Å². The van der Waals surface area contributed by atoms with Crippen molar-refractivity contribution in [3.63, 3.8) is 0 Å². The molecule has 0 radical (unpaired) electrons. The molecule has 4 atom stereocenters. The van der Waals surface area contributed by atoms with E-state index in [1.807, 2.05) is 12.1 Å². The van der Waals surface area contributed by atoms with Crippen molar-refractivity contribution in [2.24, 2.45) is 17.6 Å². The van der Waals surface area contributed by atoms with Crippen LogP contribution in [0.1, 0.15) is 31.4 Å². The molecule has 2 fully saturated rings. The van der Waals surface area contributed by atoms with Gasteiger partial charge in [0, 0.05) is 30.7 Å². The van der Waals surface area contributed by atoms with Crippen LogP contribution in [-0.4, -0.2) is 24.0 Å². The van der Waals surface area contributed by atoms with Gasteiger partial charge in [-0.3, -0.25) is 4.90 Å². The summed E-state index contributed by atoms with van der Waals surface area (Å²) in [6, 6.07) is 7.62. The molecule has 18 heavy (non-hydrogen) atoms. The lowest BCUT2D eigenvalue weighted by molar-refractivity contribution is 0.234. The highest BCUT2D eigenvalue weighted by atomic mass is 19.1. The average Bonchev–Trinajstić information content (AvgIpc) is 2.92. The maximum Gasteiger partial charge on any atom is 0.127 e. The summed E-state index contributed by atoms with van der Waals surface area (Å²) in [5.74, 6) is 1.26. The van der Waals surface area contributed by atoms with Crippen molar-refractivity contribution in [3.8, 4) is 0 Å². The monoisotopic (exact) mass is 248 g/mol. The van der Waals surface area contributed by atoms with Crippen LogP contribution >= 0.6 is 0 Å². The average molecular weight is 248 g/mol.